The van der Waals surface area contributed by atoms with Gasteiger partial charge in [-0.3, -0.25) is 4.79 Å². The molecule has 0 rings (SSSR count). The summed E-state index contributed by atoms with van der Waals surface area (Å²) in [5, 5.41) is 3.37. The largest absolute Gasteiger partial charge is 0.460 e. The zero-order chi connectivity index (χ0) is 14.2. The Morgan fingerprint density at radius 2 is 1.78 bits per heavy atom. The fourth-order valence-electron chi connectivity index (χ4n) is 1.75. The predicted octanol–water partition coefficient (Wildman–Crippen LogP) is 3.52. The maximum absolute atomic E-state index is 11.5. The molecule has 0 heterocycles. The Bertz CT molecular complexity index is 231. The number of carbonyl (C=O) groups is 1. The van der Waals surface area contributed by atoms with Gasteiger partial charge in [0.1, 0.15) is 5.60 Å². The highest BCUT2D eigenvalue weighted by Gasteiger charge is 2.15. The van der Waals surface area contributed by atoms with Crippen LogP contribution >= 0.6 is 0 Å². The normalized spacial score (nSPS) is 13.7. The number of nitrogens with one attached hydrogen (secondary N) is 1. The molecule has 0 saturated carbocycles. The first-order valence-electron chi connectivity index (χ1n) is 7.16. The smallest absolute Gasteiger partial charge is 0.307 e. The number of hydrogen-bond donors (Lipinski definition) is 1. The molecule has 18 heavy (non-hydrogen) atoms. The lowest BCUT2D eigenvalue weighted by molar-refractivity contribution is -0.154. The van der Waals surface area contributed by atoms with Crippen molar-refractivity contribution in [2.75, 3.05) is 6.54 Å². The molecule has 0 spiro atoms. The molecule has 0 fully saturated rings. The van der Waals surface area contributed by atoms with Crippen molar-refractivity contribution in [2.24, 2.45) is 5.92 Å². The fraction of sp³-hybridized carbons (Fsp3) is 0.933. The molecule has 108 valence electrons. The van der Waals surface area contributed by atoms with Gasteiger partial charge in [0.15, 0.2) is 0 Å². The summed E-state index contributed by atoms with van der Waals surface area (Å²) in [6.07, 6.45) is 4.15. The zero-order valence-electron chi connectivity index (χ0n) is 13.0. The second-order valence-electron chi connectivity index (χ2n) is 6.52. The van der Waals surface area contributed by atoms with Crippen molar-refractivity contribution in [2.45, 2.75) is 78.9 Å². The standard InChI is InChI=1S/C15H31NO2/c1-12(2)8-7-9-13(3)16-11-10-14(17)18-15(4,5)6/h12-13,16H,7-11H2,1-6H3. The molecule has 0 saturated heterocycles. The average Bonchev–Trinajstić information content (AvgIpc) is 2.13. The van der Waals surface area contributed by atoms with Gasteiger partial charge in [-0.2, -0.15) is 0 Å². The highest BCUT2D eigenvalue weighted by molar-refractivity contribution is 5.70. The van der Waals surface area contributed by atoms with Crippen LogP contribution in [0.15, 0.2) is 0 Å². The number of carbonyl (C=O) groups excluding carboxylic acids is 1. The maximum atomic E-state index is 11.5. The van der Waals surface area contributed by atoms with E-state index in [-0.39, 0.29) is 11.6 Å². The third-order valence-electron chi connectivity index (χ3n) is 2.66. The van der Waals surface area contributed by atoms with Crippen LogP contribution in [-0.2, 0) is 9.53 Å². The van der Waals surface area contributed by atoms with Gasteiger partial charge in [0.25, 0.3) is 0 Å². The van der Waals surface area contributed by atoms with Crippen LogP contribution < -0.4 is 5.32 Å². The number of rotatable bonds is 8. The van der Waals surface area contributed by atoms with Crippen LogP contribution in [0.2, 0.25) is 0 Å². The molecule has 0 amide bonds. The maximum Gasteiger partial charge on any atom is 0.307 e. The van der Waals surface area contributed by atoms with Crippen molar-refractivity contribution < 1.29 is 9.53 Å². The molecule has 0 aliphatic rings. The molecule has 1 N–H and O–H groups in total. The highest BCUT2D eigenvalue weighted by atomic mass is 16.6. The van der Waals surface area contributed by atoms with Crippen LogP contribution in [-0.4, -0.2) is 24.2 Å². The molecule has 1 unspecified atom stereocenters. The topological polar surface area (TPSA) is 38.3 Å². The number of ether oxygens (including phenoxy) is 1. The van der Waals surface area contributed by atoms with E-state index < -0.39 is 0 Å². The molecule has 3 nitrogen and oxygen atoms in total. The minimum absolute atomic E-state index is 0.121. The molecular weight excluding hydrogens is 226 g/mol. The third kappa shape index (κ3) is 11.9. The summed E-state index contributed by atoms with van der Waals surface area (Å²) >= 11 is 0. The van der Waals surface area contributed by atoms with Gasteiger partial charge < -0.3 is 10.1 Å². The number of esters is 1. The predicted molar refractivity (Wildman–Crippen MR) is 76.6 cm³/mol. The monoisotopic (exact) mass is 257 g/mol. The molecule has 0 bridgehead atoms. The van der Waals surface area contributed by atoms with E-state index in [1.54, 1.807) is 0 Å². The molecular formula is C15H31NO2. The minimum Gasteiger partial charge on any atom is -0.460 e. The van der Waals surface area contributed by atoms with Crippen LogP contribution in [0.3, 0.4) is 0 Å². The van der Waals surface area contributed by atoms with E-state index in [4.69, 9.17) is 4.74 Å². The molecule has 0 radical (unpaired) electrons. The van der Waals surface area contributed by atoms with Crippen LogP contribution in [0.4, 0.5) is 0 Å². The third-order valence-corrected chi connectivity index (χ3v) is 2.66. The van der Waals surface area contributed by atoms with E-state index in [2.05, 4.69) is 26.1 Å². The van der Waals surface area contributed by atoms with Gasteiger partial charge in [-0.25, -0.2) is 0 Å². The summed E-state index contributed by atoms with van der Waals surface area (Å²) in [5.41, 5.74) is -0.375. The molecule has 0 aromatic heterocycles. The van der Waals surface area contributed by atoms with Crippen molar-refractivity contribution in [1.82, 2.24) is 5.32 Å². The average molecular weight is 257 g/mol. The Labute approximate surface area is 113 Å². The molecule has 0 aromatic rings. The highest BCUT2D eigenvalue weighted by Crippen LogP contribution is 2.09. The van der Waals surface area contributed by atoms with Crippen LogP contribution in [0.1, 0.15) is 67.2 Å². The summed E-state index contributed by atoms with van der Waals surface area (Å²) in [7, 11) is 0. The van der Waals surface area contributed by atoms with Crippen LogP contribution in [0, 0.1) is 5.92 Å². The Morgan fingerprint density at radius 3 is 2.28 bits per heavy atom. The summed E-state index contributed by atoms with van der Waals surface area (Å²) in [5.74, 6) is 0.656. The molecule has 0 aliphatic carbocycles. The first kappa shape index (κ1) is 17.4. The van der Waals surface area contributed by atoms with E-state index in [1.165, 1.54) is 19.3 Å². The van der Waals surface area contributed by atoms with E-state index in [0.29, 0.717) is 19.0 Å². The van der Waals surface area contributed by atoms with Crippen molar-refractivity contribution >= 4 is 5.97 Å². The SMILES string of the molecule is CC(C)CCCC(C)NCCC(=O)OC(C)(C)C. The van der Waals surface area contributed by atoms with Gasteiger partial charge in [0, 0.05) is 12.6 Å². The fourth-order valence-corrected chi connectivity index (χ4v) is 1.75. The van der Waals surface area contributed by atoms with Gasteiger partial charge in [-0.15, -0.1) is 0 Å². The molecule has 3 heteroatoms. The van der Waals surface area contributed by atoms with Crippen molar-refractivity contribution in [3.63, 3.8) is 0 Å². The summed E-state index contributed by atoms with van der Waals surface area (Å²) in [6, 6.07) is 0.478. The molecule has 1 atom stereocenters. The van der Waals surface area contributed by atoms with Gasteiger partial charge in [0.05, 0.1) is 6.42 Å². The lowest BCUT2D eigenvalue weighted by atomic mass is 10.0. The Morgan fingerprint density at radius 1 is 1.17 bits per heavy atom. The summed E-state index contributed by atoms with van der Waals surface area (Å²) in [6.45, 7) is 13.1. The molecule has 0 aliphatic heterocycles. The molecule has 0 aromatic carbocycles. The Balaban J connectivity index is 3.56. The summed E-state index contributed by atoms with van der Waals surface area (Å²) in [4.78, 5) is 11.5. The zero-order valence-corrected chi connectivity index (χ0v) is 13.0. The van der Waals surface area contributed by atoms with E-state index in [1.807, 2.05) is 20.8 Å². The number of hydrogen-bond acceptors (Lipinski definition) is 3. The van der Waals surface area contributed by atoms with Gasteiger partial charge >= 0.3 is 5.97 Å². The first-order chi connectivity index (χ1) is 8.20. The Kier molecular flexibility index (Phi) is 8.25. The van der Waals surface area contributed by atoms with Crippen molar-refractivity contribution in [3.8, 4) is 0 Å². The van der Waals surface area contributed by atoms with E-state index >= 15 is 0 Å². The lowest BCUT2D eigenvalue weighted by Crippen LogP contribution is -2.30. The van der Waals surface area contributed by atoms with Crippen LogP contribution in [0.25, 0.3) is 0 Å². The summed E-state index contributed by atoms with van der Waals surface area (Å²) < 4.78 is 5.25. The second kappa shape index (κ2) is 8.52. The first-order valence-corrected chi connectivity index (χ1v) is 7.16. The van der Waals surface area contributed by atoms with Gasteiger partial charge in [0.2, 0.25) is 0 Å². The van der Waals surface area contributed by atoms with E-state index in [9.17, 15) is 4.79 Å². The quantitative estimate of drug-likeness (QED) is 0.676. The van der Waals surface area contributed by atoms with Crippen LogP contribution in [0.5, 0.6) is 0 Å². The van der Waals surface area contributed by atoms with Crippen molar-refractivity contribution in [1.29, 1.82) is 0 Å². The Hall–Kier alpha value is -0.570. The van der Waals surface area contributed by atoms with Gasteiger partial charge in [-0.1, -0.05) is 26.7 Å². The minimum atomic E-state index is -0.375. The van der Waals surface area contributed by atoms with E-state index in [0.717, 1.165) is 5.92 Å². The van der Waals surface area contributed by atoms with Gasteiger partial charge in [-0.05, 0) is 40.0 Å². The van der Waals surface area contributed by atoms with Crippen molar-refractivity contribution in [3.05, 3.63) is 0 Å². The second-order valence-corrected chi connectivity index (χ2v) is 6.52. The lowest BCUT2D eigenvalue weighted by Gasteiger charge is -2.20.